The Hall–Kier alpha value is -0.200. The minimum Gasteiger partial charge on any atom is -0.392 e. The van der Waals surface area contributed by atoms with Crippen LogP contribution in [0.4, 0.5) is 0 Å². The van der Waals surface area contributed by atoms with E-state index in [1.807, 2.05) is 0 Å². The largest absolute Gasteiger partial charge is 0.392 e. The van der Waals surface area contributed by atoms with Gasteiger partial charge in [0, 0.05) is 0 Å². The molecular formula is C11H22N2O2S2. The molecule has 0 atom stereocenters. The van der Waals surface area contributed by atoms with E-state index in [1.165, 1.54) is 0 Å². The molecular weight excluding hydrogens is 256 g/mol. The van der Waals surface area contributed by atoms with Gasteiger partial charge in [0.05, 0.1) is 16.3 Å². The lowest BCUT2D eigenvalue weighted by Crippen LogP contribution is -2.58. The van der Waals surface area contributed by atoms with Crippen molar-refractivity contribution in [2.75, 3.05) is 5.75 Å². The van der Waals surface area contributed by atoms with Crippen molar-refractivity contribution in [3.63, 3.8) is 0 Å². The van der Waals surface area contributed by atoms with Gasteiger partial charge in [-0.1, -0.05) is 25.6 Å². The Labute approximate surface area is 109 Å². The van der Waals surface area contributed by atoms with E-state index in [4.69, 9.17) is 18.0 Å². The van der Waals surface area contributed by atoms with Crippen molar-refractivity contribution < 1.29 is 8.42 Å². The molecule has 0 heterocycles. The van der Waals surface area contributed by atoms with E-state index in [0.717, 1.165) is 32.1 Å². The molecule has 0 saturated heterocycles. The predicted molar refractivity (Wildman–Crippen MR) is 74.4 cm³/mol. The number of rotatable bonds is 5. The number of thiocarbonyl (C=S) groups is 1. The quantitative estimate of drug-likeness (QED) is 0.749. The van der Waals surface area contributed by atoms with E-state index in [2.05, 4.69) is 11.6 Å². The standard InChI is InChI=1S/C11H22N2O2S2/c1-3-9-5-7-11(8-6-9,10(12)16)13-17(14,15)4-2/h9,13H,3-8H2,1-2H3,(H2,12,16). The molecule has 3 N–H and O–H groups in total. The third kappa shape index (κ3) is 3.63. The van der Waals surface area contributed by atoms with Gasteiger partial charge in [-0.3, -0.25) is 0 Å². The number of hydrogen-bond donors (Lipinski definition) is 2. The monoisotopic (exact) mass is 278 g/mol. The van der Waals surface area contributed by atoms with Crippen LogP contribution in [0.3, 0.4) is 0 Å². The van der Waals surface area contributed by atoms with E-state index in [0.29, 0.717) is 5.92 Å². The highest BCUT2D eigenvalue weighted by Crippen LogP contribution is 2.34. The summed E-state index contributed by atoms with van der Waals surface area (Å²) in [5, 5.41) is 0. The van der Waals surface area contributed by atoms with Crippen LogP contribution in [0, 0.1) is 5.92 Å². The van der Waals surface area contributed by atoms with Gasteiger partial charge in [-0.15, -0.1) is 0 Å². The van der Waals surface area contributed by atoms with Crippen molar-refractivity contribution in [1.82, 2.24) is 4.72 Å². The van der Waals surface area contributed by atoms with Crippen LogP contribution in [0.25, 0.3) is 0 Å². The van der Waals surface area contributed by atoms with E-state index >= 15 is 0 Å². The minimum absolute atomic E-state index is 0.0641. The highest BCUT2D eigenvalue weighted by Gasteiger charge is 2.40. The molecule has 4 nitrogen and oxygen atoms in total. The fraction of sp³-hybridized carbons (Fsp3) is 0.909. The second-order valence-corrected chi connectivity index (χ2v) is 7.25. The van der Waals surface area contributed by atoms with Crippen molar-refractivity contribution >= 4 is 27.2 Å². The van der Waals surface area contributed by atoms with Gasteiger partial charge in [0.1, 0.15) is 0 Å². The van der Waals surface area contributed by atoms with Crippen LogP contribution in [0.2, 0.25) is 0 Å². The molecule has 1 aliphatic carbocycles. The van der Waals surface area contributed by atoms with Gasteiger partial charge in [0.15, 0.2) is 0 Å². The Morgan fingerprint density at radius 2 is 1.94 bits per heavy atom. The first-order valence-corrected chi connectivity index (χ1v) is 8.23. The highest BCUT2D eigenvalue weighted by molar-refractivity contribution is 7.89. The van der Waals surface area contributed by atoms with Crippen LogP contribution < -0.4 is 10.5 Å². The van der Waals surface area contributed by atoms with Gasteiger partial charge >= 0.3 is 0 Å². The molecule has 0 aliphatic heterocycles. The van der Waals surface area contributed by atoms with Crippen LogP contribution in [-0.2, 0) is 10.0 Å². The van der Waals surface area contributed by atoms with Crippen LogP contribution in [0.5, 0.6) is 0 Å². The van der Waals surface area contributed by atoms with Gasteiger partial charge in [0.25, 0.3) is 0 Å². The zero-order valence-corrected chi connectivity index (χ0v) is 12.2. The molecule has 0 aromatic carbocycles. The molecule has 0 radical (unpaired) electrons. The van der Waals surface area contributed by atoms with Gasteiger partial charge < -0.3 is 5.73 Å². The molecule has 0 aromatic rings. The highest BCUT2D eigenvalue weighted by atomic mass is 32.2. The van der Waals surface area contributed by atoms with E-state index in [1.54, 1.807) is 6.92 Å². The number of sulfonamides is 1. The summed E-state index contributed by atoms with van der Waals surface area (Å²) < 4.78 is 26.1. The van der Waals surface area contributed by atoms with E-state index in [9.17, 15) is 8.42 Å². The minimum atomic E-state index is -3.26. The lowest BCUT2D eigenvalue weighted by Gasteiger charge is -2.39. The summed E-state index contributed by atoms with van der Waals surface area (Å²) in [6, 6.07) is 0. The number of nitrogens with one attached hydrogen (secondary N) is 1. The zero-order chi connectivity index (χ0) is 13.1. The molecule has 0 unspecified atom stereocenters. The lowest BCUT2D eigenvalue weighted by molar-refractivity contribution is 0.269. The maximum Gasteiger partial charge on any atom is 0.212 e. The molecule has 1 aliphatic rings. The topological polar surface area (TPSA) is 72.2 Å². The van der Waals surface area contributed by atoms with Crippen LogP contribution in [0.1, 0.15) is 46.0 Å². The van der Waals surface area contributed by atoms with Crippen molar-refractivity contribution in [2.24, 2.45) is 11.7 Å². The van der Waals surface area contributed by atoms with Crippen LogP contribution in [-0.4, -0.2) is 24.7 Å². The molecule has 1 fully saturated rings. The summed E-state index contributed by atoms with van der Waals surface area (Å²) in [7, 11) is -3.26. The summed E-state index contributed by atoms with van der Waals surface area (Å²) in [6.45, 7) is 3.78. The molecule has 0 aromatic heterocycles. The maximum absolute atomic E-state index is 11.7. The zero-order valence-electron chi connectivity index (χ0n) is 10.5. The molecule has 0 bridgehead atoms. The van der Waals surface area contributed by atoms with Gasteiger partial charge in [0.2, 0.25) is 10.0 Å². The van der Waals surface area contributed by atoms with E-state index < -0.39 is 15.6 Å². The average Bonchev–Trinajstić information content (AvgIpc) is 2.29. The molecule has 1 saturated carbocycles. The summed E-state index contributed by atoms with van der Waals surface area (Å²) in [4.78, 5) is 0.282. The first kappa shape index (κ1) is 14.9. The first-order valence-electron chi connectivity index (χ1n) is 6.16. The van der Waals surface area contributed by atoms with Gasteiger partial charge in [-0.05, 0) is 38.5 Å². The molecule has 6 heteroatoms. The number of hydrogen-bond acceptors (Lipinski definition) is 3. The third-order valence-corrected chi connectivity index (χ3v) is 5.59. The summed E-state index contributed by atoms with van der Waals surface area (Å²) in [6.07, 6.45) is 4.55. The Morgan fingerprint density at radius 1 is 1.41 bits per heavy atom. The second-order valence-electron chi connectivity index (χ2n) is 4.80. The molecule has 17 heavy (non-hydrogen) atoms. The Morgan fingerprint density at radius 3 is 2.29 bits per heavy atom. The van der Waals surface area contributed by atoms with Gasteiger partial charge in [-0.2, -0.15) is 0 Å². The fourth-order valence-corrected chi connectivity index (χ4v) is 3.72. The third-order valence-electron chi connectivity index (χ3n) is 3.74. The van der Waals surface area contributed by atoms with Crippen molar-refractivity contribution in [3.8, 4) is 0 Å². The summed E-state index contributed by atoms with van der Waals surface area (Å²) in [5.74, 6) is 0.734. The second kappa shape index (κ2) is 5.63. The van der Waals surface area contributed by atoms with E-state index in [-0.39, 0.29) is 10.7 Å². The van der Waals surface area contributed by atoms with Crippen molar-refractivity contribution in [2.45, 2.75) is 51.5 Å². The SMILES string of the molecule is CCC1CCC(NS(=O)(=O)CC)(C(N)=S)CC1. The predicted octanol–water partition coefficient (Wildman–Crippen LogP) is 1.55. The number of nitrogens with two attached hydrogens (primary N) is 1. The molecule has 1 rings (SSSR count). The smallest absolute Gasteiger partial charge is 0.212 e. The van der Waals surface area contributed by atoms with Crippen molar-refractivity contribution in [3.05, 3.63) is 0 Å². The maximum atomic E-state index is 11.7. The molecule has 0 amide bonds. The lowest BCUT2D eigenvalue weighted by atomic mass is 9.76. The Balaban J connectivity index is 2.83. The Kier molecular flexibility index (Phi) is 4.92. The summed E-state index contributed by atoms with van der Waals surface area (Å²) in [5.41, 5.74) is 5.07. The Bertz CT molecular complexity index is 371. The van der Waals surface area contributed by atoms with Crippen molar-refractivity contribution in [1.29, 1.82) is 0 Å². The normalized spacial score (nSPS) is 30.1. The van der Waals surface area contributed by atoms with Crippen LogP contribution >= 0.6 is 12.2 Å². The fourth-order valence-electron chi connectivity index (χ4n) is 2.35. The molecule has 100 valence electrons. The van der Waals surface area contributed by atoms with Gasteiger partial charge in [-0.25, -0.2) is 13.1 Å². The van der Waals surface area contributed by atoms with Crippen LogP contribution in [0.15, 0.2) is 0 Å². The molecule has 0 spiro atoms. The summed E-state index contributed by atoms with van der Waals surface area (Å²) >= 11 is 5.07. The average molecular weight is 278 g/mol. The first-order chi connectivity index (χ1) is 7.85.